The smallest absolute Gasteiger partial charge is 0.00393 e. The molecule has 0 aliphatic heterocycles. The topological polar surface area (TPSA) is 15.3 Å². The number of rotatable bonds is 9. The molecule has 0 radical (unpaired) electrons. The molecule has 0 amide bonds. The minimum absolute atomic E-state index is 0.679. The summed E-state index contributed by atoms with van der Waals surface area (Å²) in [5.74, 6) is 2.72. The molecule has 2 heteroatoms. The van der Waals surface area contributed by atoms with Gasteiger partial charge in [0.2, 0.25) is 0 Å². The first kappa shape index (κ1) is 15.1. The Bertz CT molecular complexity index is 283. The Kier molecular flexibility index (Phi) is 5.90. The molecule has 2 rings (SSSR count). The molecule has 2 aliphatic carbocycles. The fourth-order valence-corrected chi connectivity index (χ4v) is 3.74. The molecule has 0 aromatic carbocycles. The van der Waals surface area contributed by atoms with Crippen molar-refractivity contribution in [3.05, 3.63) is 12.2 Å². The minimum atomic E-state index is 0.679. The van der Waals surface area contributed by atoms with Gasteiger partial charge in [-0.15, -0.1) is 0 Å². The number of nitrogens with zero attached hydrogens (tertiary/aromatic N) is 1. The summed E-state index contributed by atoms with van der Waals surface area (Å²) in [6.45, 7) is 11.7. The van der Waals surface area contributed by atoms with Crippen LogP contribution in [0.25, 0.3) is 0 Å². The second-order valence-electron chi connectivity index (χ2n) is 6.52. The maximum atomic E-state index is 3.77. The summed E-state index contributed by atoms with van der Waals surface area (Å²) in [5, 5.41) is 3.77. The average Bonchev–Trinajstić information content (AvgIpc) is 3.03. The molecule has 2 nitrogen and oxygen atoms in total. The van der Waals surface area contributed by atoms with Gasteiger partial charge in [-0.3, -0.25) is 0 Å². The molecule has 0 heterocycles. The number of allylic oxidation sites excluding steroid dienone is 2. The highest BCUT2D eigenvalue weighted by Gasteiger charge is 2.35. The molecule has 1 saturated carbocycles. The van der Waals surface area contributed by atoms with E-state index in [1.54, 1.807) is 0 Å². The summed E-state index contributed by atoms with van der Waals surface area (Å²) in [7, 11) is 0. The SMILES string of the molecule is CCN(CC)CCC[C@@H](C)NC[C@H]1C[C@H]2C=C[C@H]1C2. The largest absolute Gasteiger partial charge is 0.314 e. The molecular weight excluding hydrogens is 232 g/mol. The predicted molar refractivity (Wildman–Crippen MR) is 83.3 cm³/mol. The van der Waals surface area contributed by atoms with Crippen molar-refractivity contribution in [1.82, 2.24) is 10.2 Å². The molecule has 2 aliphatic rings. The van der Waals surface area contributed by atoms with Crippen molar-refractivity contribution < 1.29 is 0 Å². The quantitative estimate of drug-likeness (QED) is 0.643. The Labute approximate surface area is 119 Å². The normalized spacial score (nSPS) is 30.4. The third kappa shape index (κ3) is 4.32. The molecule has 1 N–H and O–H groups in total. The van der Waals surface area contributed by atoms with E-state index in [0.717, 1.165) is 17.8 Å². The Hall–Kier alpha value is -0.340. The molecule has 19 heavy (non-hydrogen) atoms. The summed E-state index contributed by atoms with van der Waals surface area (Å²) in [6, 6.07) is 0.679. The van der Waals surface area contributed by atoms with E-state index in [-0.39, 0.29) is 0 Å². The Morgan fingerprint density at radius 3 is 2.58 bits per heavy atom. The van der Waals surface area contributed by atoms with Gasteiger partial charge in [-0.2, -0.15) is 0 Å². The zero-order valence-corrected chi connectivity index (χ0v) is 13.1. The maximum absolute atomic E-state index is 3.77. The Morgan fingerprint density at radius 2 is 2.00 bits per heavy atom. The molecule has 0 spiro atoms. The summed E-state index contributed by atoms with van der Waals surface area (Å²) >= 11 is 0. The van der Waals surface area contributed by atoms with Crippen LogP contribution in [0.1, 0.15) is 46.5 Å². The number of fused-ring (bicyclic) bond motifs is 2. The third-order valence-electron chi connectivity index (χ3n) is 5.15. The zero-order chi connectivity index (χ0) is 13.7. The monoisotopic (exact) mass is 264 g/mol. The van der Waals surface area contributed by atoms with Crippen molar-refractivity contribution in [2.75, 3.05) is 26.2 Å². The Balaban J connectivity index is 1.55. The van der Waals surface area contributed by atoms with E-state index in [1.165, 1.54) is 51.9 Å². The van der Waals surface area contributed by atoms with Gasteiger partial charge in [0.1, 0.15) is 0 Å². The van der Waals surface area contributed by atoms with Gasteiger partial charge in [-0.25, -0.2) is 0 Å². The van der Waals surface area contributed by atoms with E-state index in [0.29, 0.717) is 6.04 Å². The van der Waals surface area contributed by atoms with Crippen LogP contribution >= 0.6 is 0 Å². The molecule has 0 unspecified atom stereocenters. The number of nitrogens with one attached hydrogen (secondary N) is 1. The van der Waals surface area contributed by atoms with Crippen LogP contribution in [-0.2, 0) is 0 Å². The molecule has 1 fully saturated rings. The molecular formula is C17H32N2. The molecule has 110 valence electrons. The lowest BCUT2D eigenvalue weighted by Crippen LogP contribution is -2.33. The zero-order valence-electron chi connectivity index (χ0n) is 13.1. The summed E-state index contributed by atoms with van der Waals surface area (Å²) in [4.78, 5) is 2.52. The van der Waals surface area contributed by atoms with Crippen LogP contribution in [-0.4, -0.2) is 37.1 Å². The van der Waals surface area contributed by atoms with Crippen LogP contribution in [0.2, 0.25) is 0 Å². The van der Waals surface area contributed by atoms with Gasteiger partial charge in [0.15, 0.2) is 0 Å². The average molecular weight is 264 g/mol. The number of hydrogen-bond acceptors (Lipinski definition) is 2. The van der Waals surface area contributed by atoms with Crippen LogP contribution in [0.4, 0.5) is 0 Å². The van der Waals surface area contributed by atoms with Gasteiger partial charge >= 0.3 is 0 Å². The third-order valence-corrected chi connectivity index (χ3v) is 5.15. The van der Waals surface area contributed by atoms with Gasteiger partial charge in [0, 0.05) is 6.04 Å². The second kappa shape index (κ2) is 7.44. The van der Waals surface area contributed by atoms with Crippen molar-refractivity contribution in [3.63, 3.8) is 0 Å². The standard InChI is InChI=1S/C17H32N2/c1-4-19(5-2)10-6-7-14(3)18-13-17-12-15-8-9-16(17)11-15/h8-9,14-18H,4-7,10-13H2,1-3H3/t14-,15+,16+,17-/m1/s1. The van der Waals surface area contributed by atoms with E-state index >= 15 is 0 Å². The van der Waals surface area contributed by atoms with Crippen LogP contribution in [0, 0.1) is 17.8 Å². The fourth-order valence-electron chi connectivity index (χ4n) is 3.74. The van der Waals surface area contributed by atoms with Gasteiger partial charge < -0.3 is 10.2 Å². The predicted octanol–water partition coefficient (Wildman–Crippen LogP) is 3.30. The van der Waals surface area contributed by atoms with E-state index < -0.39 is 0 Å². The lowest BCUT2D eigenvalue weighted by Gasteiger charge is -2.23. The molecule has 0 aromatic rings. The number of hydrogen-bond donors (Lipinski definition) is 1. The first-order valence-corrected chi connectivity index (χ1v) is 8.37. The van der Waals surface area contributed by atoms with Gasteiger partial charge in [0.05, 0.1) is 0 Å². The maximum Gasteiger partial charge on any atom is 0.00393 e. The van der Waals surface area contributed by atoms with Crippen molar-refractivity contribution in [3.8, 4) is 0 Å². The molecule has 0 saturated heterocycles. The lowest BCUT2D eigenvalue weighted by atomic mass is 9.93. The molecule has 2 bridgehead atoms. The first-order chi connectivity index (χ1) is 9.22. The van der Waals surface area contributed by atoms with E-state index in [2.05, 4.69) is 43.1 Å². The Morgan fingerprint density at radius 1 is 1.21 bits per heavy atom. The van der Waals surface area contributed by atoms with Gasteiger partial charge in [-0.1, -0.05) is 26.0 Å². The molecule has 4 atom stereocenters. The van der Waals surface area contributed by atoms with Crippen molar-refractivity contribution in [1.29, 1.82) is 0 Å². The van der Waals surface area contributed by atoms with Crippen LogP contribution in [0.3, 0.4) is 0 Å². The minimum Gasteiger partial charge on any atom is -0.314 e. The van der Waals surface area contributed by atoms with Crippen LogP contribution in [0.5, 0.6) is 0 Å². The van der Waals surface area contributed by atoms with Crippen molar-refractivity contribution in [2.24, 2.45) is 17.8 Å². The van der Waals surface area contributed by atoms with Crippen molar-refractivity contribution >= 4 is 0 Å². The van der Waals surface area contributed by atoms with E-state index in [9.17, 15) is 0 Å². The summed E-state index contributed by atoms with van der Waals surface area (Å²) in [6.07, 6.45) is 10.4. The second-order valence-corrected chi connectivity index (χ2v) is 6.52. The van der Waals surface area contributed by atoms with E-state index in [4.69, 9.17) is 0 Å². The highest BCUT2D eigenvalue weighted by Crippen LogP contribution is 2.42. The van der Waals surface area contributed by atoms with Crippen LogP contribution in [0.15, 0.2) is 12.2 Å². The molecule has 0 aromatic heterocycles. The summed E-state index contributed by atoms with van der Waals surface area (Å²) in [5.41, 5.74) is 0. The van der Waals surface area contributed by atoms with Crippen LogP contribution < -0.4 is 5.32 Å². The lowest BCUT2D eigenvalue weighted by molar-refractivity contribution is 0.288. The van der Waals surface area contributed by atoms with Crippen molar-refractivity contribution in [2.45, 2.75) is 52.5 Å². The summed E-state index contributed by atoms with van der Waals surface area (Å²) < 4.78 is 0. The highest BCUT2D eigenvalue weighted by atomic mass is 15.1. The fraction of sp³-hybridized carbons (Fsp3) is 0.882. The van der Waals surface area contributed by atoms with Gasteiger partial charge in [0.25, 0.3) is 0 Å². The highest BCUT2D eigenvalue weighted by molar-refractivity contribution is 5.10. The first-order valence-electron chi connectivity index (χ1n) is 8.37. The van der Waals surface area contributed by atoms with Gasteiger partial charge in [-0.05, 0) is 76.5 Å². The van der Waals surface area contributed by atoms with E-state index in [1.807, 2.05) is 0 Å².